The number of benzene rings is 9. The highest BCUT2D eigenvalue weighted by Gasteiger charge is 2.21. The van der Waals surface area contributed by atoms with E-state index in [-0.39, 0.29) is 0 Å². The number of nitrogens with zero attached hydrogens (tertiary/aromatic N) is 4. The van der Waals surface area contributed by atoms with E-state index in [9.17, 15) is 0 Å². The third-order valence-electron chi connectivity index (χ3n) is 15.0. The molecular weight excluding hydrogens is 961 g/mol. The molecule has 0 aliphatic heterocycles. The standard InChI is InChI=1S/C74H48N4O/c1-4-18-49(19-5-1)50-33-35-51(36-34-50)67-45-71(65-30-16-32-72-73(65)66-31-17-41-75-74(66)79-72)78-48-68(67)64-29-15-14-28-63(64)58-43-56(61-26-12-10-24-59(61)54-37-39-69(76-46-54)52-20-6-2-7-21-52)42-57(44-58)62-27-13-11-25-60(62)55-38-40-70(77-47-55)53-22-8-3-9-23-53/h1-48H. The highest BCUT2D eigenvalue weighted by atomic mass is 16.3. The van der Waals surface area contributed by atoms with Crippen molar-refractivity contribution < 1.29 is 4.42 Å². The van der Waals surface area contributed by atoms with Crippen LogP contribution < -0.4 is 0 Å². The molecule has 5 heterocycles. The normalized spacial score (nSPS) is 11.3. The van der Waals surface area contributed by atoms with Gasteiger partial charge in [-0.15, -0.1) is 0 Å². The SMILES string of the molecule is c1ccc(-c2ccc(-c3cc(-c4cccc5oc6ncccc6c45)ncc3-c3ccccc3-c3cc(-c4ccccc4-c4ccc(-c5ccccc5)nc4)cc(-c4ccccc4-c4ccc(-c5ccccc5)nc4)c3)cc2)cc1. The summed E-state index contributed by atoms with van der Waals surface area (Å²) in [6, 6.07) is 94.3. The van der Waals surface area contributed by atoms with Gasteiger partial charge in [-0.3, -0.25) is 15.0 Å². The smallest absolute Gasteiger partial charge is 0.227 e. The first kappa shape index (κ1) is 46.9. The Morgan fingerprint density at radius 1 is 0.228 bits per heavy atom. The first-order valence-corrected chi connectivity index (χ1v) is 26.6. The molecule has 0 spiro atoms. The molecule has 79 heavy (non-hydrogen) atoms. The van der Waals surface area contributed by atoms with Crippen molar-refractivity contribution >= 4 is 22.1 Å². The van der Waals surface area contributed by atoms with Gasteiger partial charge < -0.3 is 4.42 Å². The van der Waals surface area contributed by atoms with Gasteiger partial charge in [-0.25, -0.2) is 4.98 Å². The van der Waals surface area contributed by atoms with E-state index in [2.05, 4.69) is 248 Å². The molecule has 0 saturated carbocycles. The lowest BCUT2D eigenvalue weighted by Crippen LogP contribution is -1.95. The molecule has 0 unspecified atom stereocenters. The monoisotopic (exact) mass is 1010 g/mol. The Kier molecular flexibility index (Phi) is 12.2. The molecule has 0 saturated heterocycles. The summed E-state index contributed by atoms with van der Waals surface area (Å²) in [7, 11) is 0. The van der Waals surface area contributed by atoms with Crippen LogP contribution in [0.5, 0.6) is 0 Å². The minimum Gasteiger partial charge on any atom is -0.438 e. The molecule has 5 aromatic heterocycles. The van der Waals surface area contributed by atoms with Crippen molar-refractivity contribution in [2.75, 3.05) is 0 Å². The van der Waals surface area contributed by atoms with Gasteiger partial charge in [-0.2, -0.15) is 0 Å². The van der Waals surface area contributed by atoms with Crippen LogP contribution in [0.1, 0.15) is 0 Å². The molecule has 5 nitrogen and oxygen atoms in total. The van der Waals surface area contributed by atoms with E-state index in [1.54, 1.807) is 6.20 Å². The molecular formula is C74H48N4O. The molecule has 0 N–H and O–H groups in total. The molecule has 370 valence electrons. The van der Waals surface area contributed by atoms with Gasteiger partial charge in [0.25, 0.3) is 0 Å². The van der Waals surface area contributed by atoms with Gasteiger partial charge in [0.1, 0.15) is 5.58 Å². The molecule has 14 aromatic rings. The van der Waals surface area contributed by atoms with Crippen LogP contribution in [0.25, 0.3) is 145 Å². The molecule has 5 heteroatoms. The molecule has 9 aromatic carbocycles. The van der Waals surface area contributed by atoms with Crippen LogP contribution in [0, 0.1) is 0 Å². The van der Waals surface area contributed by atoms with Gasteiger partial charge in [0, 0.05) is 68.9 Å². The first-order chi connectivity index (χ1) is 39.2. The minimum atomic E-state index is 0.606. The summed E-state index contributed by atoms with van der Waals surface area (Å²) in [6.07, 6.45) is 7.83. The Labute approximate surface area is 458 Å². The topological polar surface area (TPSA) is 64.7 Å². The van der Waals surface area contributed by atoms with Crippen LogP contribution in [-0.2, 0) is 0 Å². The van der Waals surface area contributed by atoms with Crippen molar-refractivity contribution in [2.24, 2.45) is 0 Å². The predicted molar refractivity (Wildman–Crippen MR) is 325 cm³/mol. The summed E-state index contributed by atoms with van der Waals surface area (Å²) in [5, 5.41) is 1.95. The average Bonchev–Trinajstić information content (AvgIpc) is 4.04. The lowest BCUT2D eigenvalue weighted by molar-refractivity contribution is 0.654. The Morgan fingerprint density at radius 3 is 1.19 bits per heavy atom. The minimum absolute atomic E-state index is 0.606. The fraction of sp³-hybridized carbons (Fsp3) is 0. The van der Waals surface area contributed by atoms with Crippen molar-refractivity contribution in [2.45, 2.75) is 0 Å². The van der Waals surface area contributed by atoms with Gasteiger partial charge >= 0.3 is 0 Å². The summed E-state index contributed by atoms with van der Waals surface area (Å²) in [6.45, 7) is 0. The third-order valence-corrected chi connectivity index (χ3v) is 15.0. The van der Waals surface area contributed by atoms with E-state index in [0.29, 0.717) is 5.71 Å². The fourth-order valence-electron chi connectivity index (χ4n) is 11.1. The first-order valence-electron chi connectivity index (χ1n) is 26.6. The van der Waals surface area contributed by atoms with E-state index in [1.807, 2.05) is 42.7 Å². The number of fused-ring (bicyclic) bond motifs is 3. The Morgan fingerprint density at radius 2 is 0.658 bits per heavy atom. The van der Waals surface area contributed by atoms with E-state index < -0.39 is 0 Å². The molecule has 0 aliphatic rings. The molecule has 0 radical (unpaired) electrons. The van der Waals surface area contributed by atoms with Crippen LogP contribution in [0.4, 0.5) is 0 Å². The quantitative estimate of drug-likeness (QED) is 0.129. The van der Waals surface area contributed by atoms with E-state index in [4.69, 9.17) is 19.4 Å². The van der Waals surface area contributed by atoms with Gasteiger partial charge in [0.2, 0.25) is 5.71 Å². The van der Waals surface area contributed by atoms with Crippen molar-refractivity contribution in [1.29, 1.82) is 0 Å². The molecule has 0 amide bonds. The summed E-state index contributed by atoms with van der Waals surface area (Å²) < 4.78 is 6.29. The number of pyridine rings is 4. The molecule has 14 rings (SSSR count). The zero-order valence-corrected chi connectivity index (χ0v) is 42.9. The molecule has 0 atom stereocenters. The van der Waals surface area contributed by atoms with Crippen LogP contribution in [0.2, 0.25) is 0 Å². The number of furan rings is 1. The Hall–Kier alpha value is -10.6. The van der Waals surface area contributed by atoms with Crippen LogP contribution >= 0.6 is 0 Å². The number of rotatable bonds is 11. The maximum atomic E-state index is 6.29. The third kappa shape index (κ3) is 9.05. The molecule has 0 aliphatic carbocycles. The van der Waals surface area contributed by atoms with Gasteiger partial charge in [0.15, 0.2) is 0 Å². The van der Waals surface area contributed by atoms with Crippen LogP contribution in [-0.4, -0.2) is 19.9 Å². The summed E-state index contributed by atoms with van der Waals surface area (Å²) in [4.78, 5) is 19.9. The number of hydrogen-bond donors (Lipinski definition) is 0. The lowest BCUT2D eigenvalue weighted by atomic mass is 9.85. The maximum absolute atomic E-state index is 6.29. The average molecular weight is 1010 g/mol. The van der Waals surface area contributed by atoms with Crippen LogP contribution in [0.3, 0.4) is 0 Å². The second kappa shape index (κ2) is 20.5. The number of aromatic nitrogens is 4. The van der Waals surface area contributed by atoms with Crippen LogP contribution in [0.15, 0.2) is 296 Å². The summed E-state index contributed by atoms with van der Waals surface area (Å²) >= 11 is 0. The Bertz CT molecular complexity index is 4350. The summed E-state index contributed by atoms with van der Waals surface area (Å²) in [5.41, 5.74) is 24.6. The second-order valence-electron chi connectivity index (χ2n) is 19.7. The zero-order chi connectivity index (χ0) is 52.5. The highest BCUT2D eigenvalue weighted by molar-refractivity contribution is 6.11. The van der Waals surface area contributed by atoms with Gasteiger partial charge in [-0.05, 0) is 127 Å². The second-order valence-corrected chi connectivity index (χ2v) is 19.7. The van der Waals surface area contributed by atoms with Crippen molar-refractivity contribution in [3.8, 4) is 123 Å². The van der Waals surface area contributed by atoms with Crippen molar-refractivity contribution in [3.63, 3.8) is 0 Å². The van der Waals surface area contributed by atoms with Crippen molar-refractivity contribution in [1.82, 2.24) is 19.9 Å². The van der Waals surface area contributed by atoms with E-state index in [1.165, 1.54) is 5.56 Å². The van der Waals surface area contributed by atoms with E-state index in [0.717, 1.165) is 134 Å². The van der Waals surface area contributed by atoms with Gasteiger partial charge in [-0.1, -0.05) is 212 Å². The Balaban J connectivity index is 0.956. The summed E-state index contributed by atoms with van der Waals surface area (Å²) in [5.74, 6) is 0. The molecule has 0 bridgehead atoms. The largest absolute Gasteiger partial charge is 0.438 e. The highest BCUT2D eigenvalue weighted by Crippen LogP contribution is 2.45. The zero-order valence-electron chi connectivity index (χ0n) is 42.9. The van der Waals surface area contributed by atoms with Crippen molar-refractivity contribution in [3.05, 3.63) is 292 Å². The fourth-order valence-corrected chi connectivity index (χ4v) is 11.1. The lowest BCUT2D eigenvalue weighted by Gasteiger charge is -2.19. The maximum Gasteiger partial charge on any atom is 0.227 e. The molecule has 0 fully saturated rings. The number of hydrogen-bond acceptors (Lipinski definition) is 5. The van der Waals surface area contributed by atoms with Gasteiger partial charge in [0.05, 0.1) is 17.1 Å². The van der Waals surface area contributed by atoms with E-state index >= 15 is 0 Å². The predicted octanol–water partition coefficient (Wildman–Crippen LogP) is 19.5.